The number of rotatable bonds is 5. The third-order valence-corrected chi connectivity index (χ3v) is 2.81. The van der Waals surface area contributed by atoms with Crippen LogP contribution in [-0.4, -0.2) is 47.3 Å². The lowest BCUT2D eigenvalue weighted by atomic mass is 10.4. The van der Waals surface area contributed by atoms with Crippen LogP contribution in [0.2, 0.25) is 0 Å². The van der Waals surface area contributed by atoms with E-state index in [4.69, 9.17) is 4.42 Å². The lowest BCUT2D eigenvalue weighted by Crippen LogP contribution is -2.33. The molecule has 0 spiro atoms. The summed E-state index contributed by atoms with van der Waals surface area (Å²) in [7, 11) is 1.20. The molecule has 4 amide bonds. The minimum Gasteiger partial charge on any atom is -0.463 e. The normalized spacial score (nSPS) is 14.8. The van der Waals surface area contributed by atoms with E-state index in [1.807, 2.05) is 0 Å². The maximum Gasteiger partial charge on any atom is 0.373 e. The average Bonchev–Trinajstić information content (AvgIpc) is 3.02. The van der Waals surface area contributed by atoms with Crippen molar-refractivity contribution in [3.05, 3.63) is 36.3 Å². The van der Waals surface area contributed by atoms with Gasteiger partial charge in [-0.25, -0.2) is 14.5 Å². The first-order valence-corrected chi connectivity index (χ1v) is 5.94. The number of ether oxygens (including phenoxy) is 1. The van der Waals surface area contributed by atoms with E-state index in [0.717, 1.165) is 9.80 Å². The van der Waals surface area contributed by atoms with Crippen LogP contribution in [0.4, 0.5) is 4.79 Å². The van der Waals surface area contributed by atoms with Gasteiger partial charge in [0, 0.05) is 6.54 Å². The topological polar surface area (TPSA) is 97.1 Å². The largest absolute Gasteiger partial charge is 0.463 e. The number of methoxy groups -OCH3 is 1. The van der Waals surface area contributed by atoms with Crippen LogP contribution in [0.25, 0.3) is 0 Å². The molecule has 8 nitrogen and oxygen atoms in total. The van der Waals surface area contributed by atoms with Gasteiger partial charge in [0.2, 0.25) is 5.76 Å². The minimum atomic E-state index is -0.946. The van der Waals surface area contributed by atoms with Crippen molar-refractivity contribution in [1.29, 1.82) is 0 Å². The number of esters is 1. The third-order valence-electron chi connectivity index (χ3n) is 2.81. The van der Waals surface area contributed by atoms with E-state index >= 15 is 0 Å². The number of hydrogen-bond acceptors (Lipinski definition) is 6. The number of nitrogens with zero attached hydrogens (tertiary/aromatic N) is 2. The zero-order valence-corrected chi connectivity index (χ0v) is 11.2. The molecule has 8 heteroatoms. The van der Waals surface area contributed by atoms with Crippen molar-refractivity contribution in [3.8, 4) is 0 Å². The Morgan fingerprint density at radius 2 is 1.95 bits per heavy atom. The fourth-order valence-electron chi connectivity index (χ4n) is 1.81. The Kier molecular flexibility index (Phi) is 3.88. The van der Waals surface area contributed by atoms with Crippen LogP contribution < -0.4 is 0 Å². The van der Waals surface area contributed by atoms with Crippen molar-refractivity contribution in [2.45, 2.75) is 6.54 Å². The summed E-state index contributed by atoms with van der Waals surface area (Å²) in [5.41, 5.74) is 0. The molecule has 0 radical (unpaired) electrons. The number of furan rings is 1. The van der Waals surface area contributed by atoms with Crippen LogP contribution in [0.5, 0.6) is 0 Å². The first-order chi connectivity index (χ1) is 9.99. The molecule has 0 aliphatic carbocycles. The molecule has 0 N–H and O–H groups in total. The van der Waals surface area contributed by atoms with Gasteiger partial charge in [0.05, 0.1) is 13.7 Å². The van der Waals surface area contributed by atoms with Gasteiger partial charge in [-0.15, -0.1) is 6.58 Å². The molecule has 0 saturated carbocycles. The van der Waals surface area contributed by atoms with Crippen molar-refractivity contribution in [2.24, 2.45) is 0 Å². The zero-order valence-electron chi connectivity index (χ0n) is 11.2. The van der Waals surface area contributed by atoms with Gasteiger partial charge in [-0.3, -0.25) is 14.5 Å². The molecule has 0 aromatic carbocycles. The first-order valence-electron chi connectivity index (χ1n) is 5.94. The van der Waals surface area contributed by atoms with E-state index in [1.54, 1.807) is 0 Å². The predicted octanol–water partition coefficient (Wildman–Crippen LogP) is 0.543. The van der Waals surface area contributed by atoms with Crippen LogP contribution in [0.1, 0.15) is 16.3 Å². The highest BCUT2D eigenvalue weighted by atomic mass is 16.5. The molecule has 2 heterocycles. The molecular weight excluding hydrogens is 280 g/mol. The Labute approximate surface area is 119 Å². The van der Waals surface area contributed by atoms with Gasteiger partial charge < -0.3 is 9.15 Å². The van der Waals surface area contributed by atoms with Gasteiger partial charge in [-0.2, -0.15) is 0 Å². The van der Waals surface area contributed by atoms with Crippen LogP contribution in [0.15, 0.2) is 29.2 Å². The van der Waals surface area contributed by atoms with Crippen LogP contribution in [0, 0.1) is 0 Å². The van der Waals surface area contributed by atoms with Crippen molar-refractivity contribution in [1.82, 2.24) is 9.80 Å². The molecule has 0 bridgehead atoms. The second-order valence-electron chi connectivity index (χ2n) is 4.14. The maximum absolute atomic E-state index is 11.9. The van der Waals surface area contributed by atoms with E-state index < -0.39 is 23.8 Å². The maximum atomic E-state index is 11.9. The lowest BCUT2D eigenvalue weighted by molar-refractivity contribution is -0.143. The zero-order chi connectivity index (χ0) is 15.6. The van der Waals surface area contributed by atoms with E-state index in [9.17, 15) is 19.2 Å². The molecule has 110 valence electrons. The van der Waals surface area contributed by atoms with Crippen molar-refractivity contribution in [3.63, 3.8) is 0 Å². The number of amides is 4. The minimum absolute atomic E-state index is 0.0501. The summed E-state index contributed by atoms with van der Waals surface area (Å²) in [6.07, 6.45) is 1.34. The first kappa shape index (κ1) is 14.5. The molecule has 2 rings (SSSR count). The van der Waals surface area contributed by atoms with E-state index in [-0.39, 0.29) is 24.6 Å². The van der Waals surface area contributed by atoms with E-state index in [2.05, 4.69) is 11.3 Å². The van der Waals surface area contributed by atoms with Crippen molar-refractivity contribution < 1.29 is 28.3 Å². The Hall–Kier alpha value is -2.90. The number of imide groups is 2. The molecular formula is C13H12N2O6. The second kappa shape index (κ2) is 5.61. The van der Waals surface area contributed by atoms with Gasteiger partial charge >= 0.3 is 23.8 Å². The molecule has 21 heavy (non-hydrogen) atoms. The summed E-state index contributed by atoms with van der Waals surface area (Å²) in [5.74, 6) is -2.41. The van der Waals surface area contributed by atoms with Gasteiger partial charge in [0.15, 0.2) is 0 Å². The predicted molar refractivity (Wildman–Crippen MR) is 67.9 cm³/mol. The van der Waals surface area contributed by atoms with E-state index in [1.165, 1.54) is 25.3 Å². The molecule has 1 aliphatic heterocycles. The lowest BCUT2D eigenvalue weighted by Gasteiger charge is -2.12. The summed E-state index contributed by atoms with van der Waals surface area (Å²) in [4.78, 5) is 48.1. The molecule has 1 fully saturated rings. The van der Waals surface area contributed by atoms with Crippen molar-refractivity contribution >= 4 is 23.8 Å². The smallest absolute Gasteiger partial charge is 0.373 e. The SMILES string of the molecule is C=CCN1C(=O)C(=O)N(Cc2ccc(C(=O)OC)o2)C1=O. The highest BCUT2D eigenvalue weighted by Crippen LogP contribution is 2.17. The second-order valence-corrected chi connectivity index (χ2v) is 4.14. The molecule has 0 unspecified atom stereocenters. The monoisotopic (exact) mass is 292 g/mol. The Balaban J connectivity index is 2.16. The molecule has 1 saturated heterocycles. The molecule has 1 aromatic heterocycles. The summed E-state index contributed by atoms with van der Waals surface area (Å²) in [5, 5.41) is 0. The van der Waals surface area contributed by atoms with Gasteiger partial charge in [-0.05, 0) is 12.1 Å². The standard InChI is InChI=1S/C13H12N2O6/c1-3-6-14-10(16)11(17)15(13(14)19)7-8-4-5-9(21-8)12(18)20-2/h3-5H,1,6-7H2,2H3. The summed E-state index contributed by atoms with van der Waals surface area (Å²) < 4.78 is 9.63. The number of carbonyl (C=O) groups is 4. The fourth-order valence-corrected chi connectivity index (χ4v) is 1.81. The number of carbonyl (C=O) groups excluding carboxylic acids is 4. The molecule has 0 atom stereocenters. The van der Waals surface area contributed by atoms with Crippen molar-refractivity contribution in [2.75, 3.05) is 13.7 Å². The van der Waals surface area contributed by atoms with Crippen LogP contribution in [0.3, 0.4) is 0 Å². The summed E-state index contributed by atoms with van der Waals surface area (Å²) in [6, 6.07) is 2.03. The Bertz CT molecular complexity index is 632. The average molecular weight is 292 g/mol. The molecule has 1 aliphatic rings. The summed E-state index contributed by atoms with van der Waals surface area (Å²) in [6.45, 7) is 3.12. The quantitative estimate of drug-likeness (QED) is 0.340. The van der Waals surface area contributed by atoms with Crippen LogP contribution >= 0.6 is 0 Å². The number of hydrogen-bond donors (Lipinski definition) is 0. The highest BCUT2D eigenvalue weighted by Gasteiger charge is 2.44. The van der Waals surface area contributed by atoms with Crippen LogP contribution in [-0.2, 0) is 20.9 Å². The molecule has 1 aromatic rings. The van der Waals surface area contributed by atoms with Gasteiger partial charge in [-0.1, -0.05) is 6.08 Å². The van der Waals surface area contributed by atoms with E-state index in [0.29, 0.717) is 0 Å². The highest BCUT2D eigenvalue weighted by molar-refractivity contribution is 6.44. The van der Waals surface area contributed by atoms with Gasteiger partial charge in [0.1, 0.15) is 5.76 Å². The number of urea groups is 1. The third kappa shape index (κ3) is 2.55. The Morgan fingerprint density at radius 3 is 2.57 bits per heavy atom. The summed E-state index contributed by atoms with van der Waals surface area (Å²) >= 11 is 0. The Morgan fingerprint density at radius 1 is 1.29 bits per heavy atom. The van der Waals surface area contributed by atoms with Gasteiger partial charge in [0.25, 0.3) is 0 Å². The fraction of sp³-hybridized carbons (Fsp3) is 0.231.